The molecular weight excluding hydrogens is 204 g/mol. The van der Waals surface area contributed by atoms with E-state index in [0.29, 0.717) is 12.5 Å². The van der Waals surface area contributed by atoms with Crippen molar-refractivity contribution in [2.75, 3.05) is 13.2 Å². The number of aliphatic hydroxyl groups excluding tert-OH is 1. The van der Waals surface area contributed by atoms with Crippen molar-refractivity contribution in [3.05, 3.63) is 23.9 Å². The quantitative estimate of drug-likeness (QED) is 0.788. The van der Waals surface area contributed by atoms with E-state index in [4.69, 9.17) is 15.6 Å². The molecule has 0 bridgehead atoms. The molecule has 0 unspecified atom stereocenters. The van der Waals surface area contributed by atoms with Crippen LogP contribution in [0.4, 0.5) is 0 Å². The van der Waals surface area contributed by atoms with Crippen LogP contribution in [0.1, 0.15) is 18.5 Å². The molecule has 0 aliphatic carbocycles. The predicted octanol–water partition coefficient (Wildman–Crippen LogP) is 0.894. The van der Waals surface area contributed by atoms with Gasteiger partial charge in [0.25, 0.3) is 0 Å². The minimum absolute atomic E-state index is 0. The van der Waals surface area contributed by atoms with Crippen molar-refractivity contribution < 1.29 is 9.84 Å². The normalized spacial score (nSPS) is 11.6. The molecule has 1 atom stereocenters. The van der Waals surface area contributed by atoms with Crippen LogP contribution in [0.5, 0.6) is 5.88 Å². The number of aliphatic hydroxyl groups is 1. The highest BCUT2D eigenvalue weighted by Gasteiger charge is 2.04. The second-order valence-corrected chi connectivity index (χ2v) is 2.65. The van der Waals surface area contributed by atoms with Gasteiger partial charge in [-0.15, -0.1) is 12.4 Å². The number of hydrogen-bond donors (Lipinski definition) is 2. The summed E-state index contributed by atoms with van der Waals surface area (Å²) in [4.78, 5) is 4.02. The van der Waals surface area contributed by atoms with Gasteiger partial charge in [-0.3, -0.25) is 0 Å². The number of nitrogens with zero attached hydrogens (tertiary/aromatic N) is 1. The predicted molar refractivity (Wildman–Crippen MR) is 56.7 cm³/mol. The number of pyridine rings is 1. The summed E-state index contributed by atoms with van der Waals surface area (Å²) in [5, 5.41) is 8.78. The minimum Gasteiger partial charge on any atom is -0.478 e. The Morgan fingerprint density at radius 2 is 2.29 bits per heavy atom. The van der Waals surface area contributed by atoms with Crippen molar-refractivity contribution in [2.45, 2.75) is 13.0 Å². The SMILES string of the molecule is CCOc1ccc([C@@H](N)CO)cn1.Cl. The molecule has 14 heavy (non-hydrogen) atoms. The van der Waals surface area contributed by atoms with Crippen LogP contribution in [0.15, 0.2) is 18.3 Å². The fourth-order valence-corrected chi connectivity index (χ4v) is 0.950. The van der Waals surface area contributed by atoms with Crippen LogP contribution in [0.2, 0.25) is 0 Å². The lowest BCUT2D eigenvalue weighted by atomic mass is 10.1. The summed E-state index contributed by atoms with van der Waals surface area (Å²) in [6.45, 7) is 2.42. The van der Waals surface area contributed by atoms with E-state index in [0.717, 1.165) is 5.56 Å². The molecule has 0 aromatic carbocycles. The summed E-state index contributed by atoms with van der Waals surface area (Å²) < 4.78 is 5.16. The molecule has 0 amide bonds. The highest BCUT2D eigenvalue weighted by molar-refractivity contribution is 5.85. The van der Waals surface area contributed by atoms with Crippen molar-refractivity contribution in [1.29, 1.82) is 0 Å². The number of halogens is 1. The van der Waals surface area contributed by atoms with Crippen LogP contribution in [0.25, 0.3) is 0 Å². The summed E-state index contributed by atoms with van der Waals surface area (Å²) in [5.41, 5.74) is 6.40. The van der Waals surface area contributed by atoms with Crippen LogP contribution in [0.3, 0.4) is 0 Å². The van der Waals surface area contributed by atoms with E-state index in [1.807, 2.05) is 6.92 Å². The first kappa shape index (κ1) is 13.2. The largest absolute Gasteiger partial charge is 0.478 e. The first-order chi connectivity index (χ1) is 6.27. The van der Waals surface area contributed by atoms with Gasteiger partial charge in [0, 0.05) is 12.3 Å². The summed E-state index contributed by atoms with van der Waals surface area (Å²) in [5.74, 6) is 0.580. The van der Waals surface area contributed by atoms with E-state index in [1.165, 1.54) is 0 Å². The third kappa shape index (κ3) is 3.49. The van der Waals surface area contributed by atoms with Crippen molar-refractivity contribution in [2.24, 2.45) is 5.73 Å². The monoisotopic (exact) mass is 218 g/mol. The number of aromatic nitrogens is 1. The van der Waals surface area contributed by atoms with Crippen LogP contribution >= 0.6 is 12.4 Å². The molecule has 1 aromatic rings. The van der Waals surface area contributed by atoms with Gasteiger partial charge >= 0.3 is 0 Å². The molecule has 1 heterocycles. The lowest BCUT2D eigenvalue weighted by molar-refractivity contribution is 0.267. The molecule has 4 nitrogen and oxygen atoms in total. The second kappa shape index (κ2) is 6.59. The standard InChI is InChI=1S/C9H14N2O2.ClH/c1-2-13-9-4-3-7(5-11-9)8(10)6-12;/h3-5,8,12H,2,6,10H2,1H3;1H/t8-;/m0./s1. The summed E-state index contributed by atoms with van der Waals surface area (Å²) >= 11 is 0. The second-order valence-electron chi connectivity index (χ2n) is 2.65. The van der Waals surface area contributed by atoms with E-state index in [2.05, 4.69) is 4.98 Å². The van der Waals surface area contributed by atoms with Gasteiger partial charge in [-0.05, 0) is 12.5 Å². The van der Waals surface area contributed by atoms with Crippen LogP contribution < -0.4 is 10.5 Å². The molecule has 1 aromatic heterocycles. The molecule has 0 aliphatic rings. The summed E-state index contributed by atoms with van der Waals surface area (Å²) in [7, 11) is 0. The Kier molecular flexibility index (Phi) is 6.19. The molecule has 1 rings (SSSR count). The molecule has 5 heteroatoms. The zero-order chi connectivity index (χ0) is 9.68. The van der Waals surface area contributed by atoms with E-state index in [1.54, 1.807) is 18.3 Å². The number of rotatable bonds is 4. The van der Waals surface area contributed by atoms with E-state index >= 15 is 0 Å². The zero-order valence-corrected chi connectivity index (χ0v) is 8.83. The van der Waals surface area contributed by atoms with Gasteiger partial charge in [-0.2, -0.15) is 0 Å². The highest BCUT2D eigenvalue weighted by Crippen LogP contribution is 2.12. The van der Waals surface area contributed by atoms with Gasteiger partial charge < -0.3 is 15.6 Å². The average Bonchev–Trinajstić information content (AvgIpc) is 2.18. The van der Waals surface area contributed by atoms with Gasteiger partial charge in [-0.1, -0.05) is 6.07 Å². The first-order valence-corrected chi connectivity index (χ1v) is 4.23. The van der Waals surface area contributed by atoms with Crippen molar-refractivity contribution in [3.63, 3.8) is 0 Å². The van der Waals surface area contributed by atoms with Gasteiger partial charge in [0.15, 0.2) is 0 Å². The fraction of sp³-hybridized carbons (Fsp3) is 0.444. The maximum Gasteiger partial charge on any atom is 0.213 e. The first-order valence-electron chi connectivity index (χ1n) is 4.23. The Morgan fingerprint density at radius 1 is 1.57 bits per heavy atom. The Balaban J connectivity index is 0.00000169. The van der Waals surface area contributed by atoms with Crippen LogP contribution in [-0.2, 0) is 0 Å². The molecule has 0 radical (unpaired) electrons. The highest BCUT2D eigenvalue weighted by atomic mass is 35.5. The van der Waals surface area contributed by atoms with Crippen molar-refractivity contribution >= 4 is 12.4 Å². The van der Waals surface area contributed by atoms with Crippen LogP contribution in [-0.4, -0.2) is 23.3 Å². The minimum atomic E-state index is -0.358. The number of nitrogens with two attached hydrogens (primary N) is 1. The molecule has 3 N–H and O–H groups in total. The molecule has 80 valence electrons. The van der Waals surface area contributed by atoms with Gasteiger partial charge in [-0.25, -0.2) is 4.98 Å². The zero-order valence-electron chi connectivity index (χ0n) is 8.01. The van der Waals surface area contributed by atoms with Gasteiger partial charge in [0.1, 0.15) is 0 Å². The maximum absolute atomic E-state index is 8.78. The van der Waals surface area contributed by atoms with E-state index < -0.39 is 0 Å². The third-order valence-corrected chi connectivity index (χ3v) is 1.68. The molecular formula is C9H15ClN2O2. The molecule has 0 saturated carbocycles. The lowest BCUT2D eigenvalue weighted by Gasteiger charge is -2.08. The topological polar surface area (TPSA) is 68.4 Å². The Labute approximate surface area is 89.5 Å². The summed E-state index contributed by atoms with van der Waals surface area (Å²) in [6.07, 6.45) is 1.62. The Bertz CT molecular complexity index is 253. The van der Waals surface area contributed by atoms with Gasteiger partial charge in [0.05, 0.1) is 19.3 Å². The molecule has 0 aliphatic heterocycles. The number of hydrogen-bond acceptors (Lipinski definition) is 4. The van der Waals surface area contributed by atoms with Crippen LogP contribution in [0, 0.1) is 0 Å². The molecule has 0 fully saturated rings. The van der Waals surface area contributed by atoms with Gasteiger partial charge in [0.2, 0.25) is 5.88 Å². The Hall–Kier alpha value is -0.840. The maximum atomic E-state index is 8.78. The van der Waals surface area contributed by atoms with E-state index in [-0.39, 0.29) is 25.1 Å². The average molecular weight is 219 g/mol. The number of ether oxygens (including phenoxy) is 1. The third-order valence-electron chi connectivity index (χ3n) is 1.68. The Morgan fingerprint density at radius 3 is 2.71 bits per heavy atom. The molecule has 0 spiro atoms. The van der Waals surface area contributed by atoms with Crippen molar-refractivity contribution in [1.82, 2.24) is 4.98 Å². The summed E-state index contributed by atoms with van der Waals surface area (Å²) in [6, 6.07) is 3.19. The fourth-order valence-electron chi connectivity index (χ4n) is 0.950. The van der Waals surface area contributed by atoms with Crippen molar-refractivity contribution in [3.8, 4) is 5.88 Å². The molecule has 0 saturated heterocycles. The van der Waals surface area contributed by atoms with E-state index in [9.17, 15) is 0 Å². The smallest absolute Gasteiger partial charge is 0.213 e. The lowest BCUT2D eigenvalue weighted by Crippen LogP contribution is -2.14.